The van der Waals surface area contributed by atoms with Crippen molar-refractivity contribution in [1.82, 2.24) is 0 Å². The number of ether oxygens (including phenoxy) is 1. The van der Waals surface area contributed by atoms with Crippen molar-refractivity contribution in [2.75, 3.05) is 6.61 Å². The van der Waals surface area contributed by atoms with Gasteiger partial charge in [-0.3, -0.25) is 0 Å². The summed E-state index contributed by atoms with van der Waals surface area (Å²) in [7, 11) is 0. The van der Waals surface area contributed by atoms with E-state index in [2.05, 4.69) is 16.5 Å². The summed E-state index contributed by atoms with van der Waals surface area (Å²) in [6.07, 6.45) is -1.88. The van der Waals surface area contributed by atoms with Gasteiger partial charge in [0.2, 0.25) is 0 Å². The lowest BCUT2D eigenvalue weighted by Crippen LogP contribution is -2.36. The maximum Gasteiger partial charge on any atom is 0.422 e. The highest BCUT2D eigenvalue weighted by Gasteiger charge is 2.42. The maximum absolute atomic E-state index is 14.1. The predicted octanol–water partition coefficient (Wildman–Crippen LogP) is 3.36. The van der Waals surface area contributed by atoms with E-state index < -0.39 is 18.5 Å². The van der Waals surface area contributed by atoms with Gasteiger partial charge >= 0.3 is 6.18 Å². The molecule has 0 saturated heterocycles. The lowest BCUT2D eigenvalue weighted by molar-refractivity contribution is -0.164. The SMILES string of the molecule is C=C/C(OCC(F)(F)F)=C(\C=NO)C1(F)CCC1. The van der Waals surface area contributed by atoms with Crippen LogP contribution in [0, 0.1) is 0 Å². The van der Waals surface area contributed by atoms with Crippen molar-refractivity contribution in [1.29, 1.82) is 0 Å². The summed E-state index contributed by atoms with van der Waals surface area (Å²) in [6.45, 7) is 1.73. The highest BCUT2D eigenvalue weighted by Crippen LogP contribution is 2.43. The molecule has 0 aromatic rings. The molecule has 1 saturated carbocycles. The first kappa shape index (κ1) is 14.5. The van der Waals surface area contributed by atoms with Crippen LogP contribution in [0.25, 0.3) is 0 Å². The Bertz CT molecular complexity index is 370. The molecule has 0 bridgehead atoms. The Balaban J connectivity index is 2.95. The molecule has 3 nitrogen and oxygen atoms in total. The summed E-state index contributed by atoms with van der Waals surface area (Å²) in [5.74, 6) is -0.354. The number of nitrogens with zero attached hydrogens (tertiary/aromatic N) is 1. The normalized spacial score (nSPS) is 20.2. The van der Waals surface area contributed by atoms with Gasteiger partial charge in [-0.05, 0) is 25.3 Å². The number of alkyl halides is 4. The molecular formula is C11H13F4NO2. The van der Waals surface area contributed by atoms with Crippen molar-refractivity contribution < 1.29 is 27.5 Å². The molecule has 0 unspecified atom stereocenters. The summed E-state index contributed by atoms with van der Waals surface area (Å²) in [6, 6.07) is 0. The molecule has 1 fully saturated rings. The highest BCUT2D eigenvalue weighted by molar-refractivity contribution is 5.82. The molecule has 0 aromatic heterocycles. The van der Waals surface area contributed by atoms with E-state index in [-0.39, 0.29) is 24.2 Å². The zero-order valence-corrected chi connectivity index (χ0v) is 9.50. The van der Waals surface area contributed by atoms with E-state index in [1.54, 1.807) is 0 Å². The minimum Gasteiger partial charge on any atom is -0.484 e. The molecule has 0 aliphatic heterocycles. The number of oxime groups is 1. The van der Waals surface area contributed by atoms with Crippen LogP contribution < -0.4 is 0 Å². The Morgan fingerprint density at radius 2 is 2.06 bits per heavy atom. The van der Waals surface area contributed by atoms with Crippen molar-refractivity contribution in [2.24, 2.45) is 5.16 Å². The molecule has 0 atom stereocenters. The van der Waals surface area contributed by atoms with Crippen molar-refractivity contribution in [3.63, 3.8) is 0 Å². The topological polar surface area (TPSA) is 41.8 Å². The summed E-state index contributed by atoms with van der Waals surface area (Å²) in [5, 5.41) is 11.1. The number of hydrogen-bond donors (Lipinski definition) is 1. The second-order valence-corrected chi connectivity index (χ2v) is 3.95. The summed E-state index contributed by atoms with van der Waals surface area (Å²) in [4.78, 5) is 0. The zero-order valence-electron chi connectivity index (χ0n) is 9.50. The lowest BCUT2D eigenvalue weighted by Gasteiger charge is -2.35. The molecule has 1 aliphatic rings. The largest absolute Gasteiger partial charge is 0.484 e. The monoisotopic (exact) mass is 267 g/mol. The second-order valence-electron chi connectivity index (χ2n) is 3.95. The number of hydrogen-bond acceptors (Lipinski definition) is 3. The molecule has 1 rings (SSSR count). The average Bonchev–Trinajstić information content (AvgIpc) is 2.24. The van der Waals surface area contributed by atoms with Crippen LogP contribution >= 0.6 is 0 Å². The van der Waals surface area contributed by atoms with E-state index in [1.807, 2.05) is 0 Å². The Morgan fingerprint density at radius 1 is 1.44 bits per heavy atom. The molecule has 102 valence electrons. The van der Waals surface area contributed by atoms with Crippen LogP contribution in [0.2, 0.25) is 0 Å². The van der Waals surface area contributed by atoms with Gasteiger partial charge in [0.1, 0.15) is 11.4 Å². The fourth-order valence-corrected chi connectivity index (χ4v) is 1.62. The van der Waals surface area contributed by atoms with Gasteiger partial charge in [0.15, 0.2) is 6.61 Å². The molecule has 18 heavy (non-hydrogen) atoms. The molecule has 0 spiro atoms. The molecule has 0 aromatic carbocycles. The fraction of sp³-hybridized carbons (Fsp3) is 0.545. The van der Waals surface area contributed by atoms with Crippen LogP contribution in [0.1, 0.15) is 19.3 Å². The molecule has 7 heteroatoms. The number of halogens is 4. The van der Waals surface area contributed by atoms with Gasteiger partial charge in [0.25, 0.3) is 0 Å². The third kappa shape index (κ3) is 3.48. The Hall–Kier alpha value is -1.53. The lowest BCUT2D eigenvalue weighted by atomic mass is 9.76. The van der Waals surface area contributed by atoms with Crippen LogP contribution in [0.4, 0.5) is 17.6 Å². The summed E-state index contributed by atoms with van der Waals surface area (Å²) in [5.41, 5.74) is -2.02. The van der Waals surface area contributed by atoms with Crippen LogP contribution in [0.3, 0.4) is 0 Å². The molecular weight excluding hydrogens is 254 g/mol. The van der Waals surface area contributed by atoms with Gasteiger partial charge in [-0.1, -0.05) is 11.7 Å². The quantitative estimate of drug-likeness (QED) is 0.207. The minimum atomic E-state index is -4.53. The van der Waals surface area contributed by atoms with Gasteiger partial charge in [0, 0.05) is 0 Å². The number of allylic oxidation sites excluding steroid dienone is 2. The molecule has 0 heterocycles. The van der Waals surface area contributed by atoms with Crippen molar-refractivity contribution in [3.05, 3.63) is 24.0 Å². The van der Waals surface area contributed by atoms with Crippen molar-refractivity contribution >= 4 is 6.21 Å². The van der Waals surface area contributed by atoms with Gasteiger partial charge < -0.3 is 9.94 Å². The Labute approximate surface area is 101 Å². The van der Waals surface area contributed by atoms with E-state index in [1.165, 1.54) is 0 Å². The Kier molecular flexibility index (Phi) is 4.37. The van der Waals surface area contributed by atoms with Gasteiger partial charge in [-0.2, -0.15) is 13.2 Å². The van der Waals surface area contributed by atoms with Crippen LogP contribution in [-0.4, -0.2) is 29.9 Å². The van der Waals surface area contributed by atoms with Crippen molar-refractivity contribution in [2.45, 2.75) is 31.1 Å². The first-order chi connectivity index (χ1) is 8.32. The smallest absolute Gasteiger partial charge is 0.422 e. The fourth-order valence-electron chi connectivity index (χ4n) is 1.62. The molecule has 0 amide bonds. The first-order valence-electron chi connectivity index (χ1n) is 5.25. The van der Waals surface area contributed by atoms with Crippen molar-refractivity contribution in [3.8, 4) is 0 Å². The summed E-state index contributed by atoms with van der Waals surface area (Å²) >= 11 is 0. The zero-order chi connectivity index (χ0) is 13.8. The molecule has 0 radical (unpaired) electrons. The van der Waals surface area contributed by atoms with E-state index in [4.69, 9.17) is 5.21 Å². The predicted molar refractivity (Wildman–Crippen MR) is 57.2 cm³/mol. The highest BCUT2D eigenvalue weighted by atomic mass is 19.4. The minimum absolute atomic E-state index is 0.154. The average molecular weight is 267 g/mol. The number of rotatable bonds is 5. The van der Waals surface area contributed by atoms with E-state index in [0.717, 1.165) is 12.3 Å². The third-order valence-electron chi connectivity index (χ3n) is 2.66. The second kappa shape index (κ2) is 5.41. The van der Waals surface area contributed by atoms with Crippen LogP contribution in [0.15, 0.2) is 29.1 Å². The third-order valence-corrected chi connectivity index (χ3v) is 2.66. The molecule has 1 aliphatic carbocycles. The van der Waals surface area contributed by atoms with Gasteiger partial charge in [-0.15, -0.1) is 0 Å². The van der Waals surface area contributed by atoms with Crippen LogP contribution in [-0.2, 0) is 4.74 Å². The molecule has 1 N–H and O–H groups in total. The van der Waals surface area contributed by atoms with Gasteiger partial charge in [0.05, 0.1) is 11.8 Å². The maximum atomic E-state index is 14.1. The van der Waals surface area contributed by atoms with E-state index in [9.17, 15) is 17.6 Å². The first-order valence-corrected chi connectivity index (χ1v) is 5.25. The van der Waals surface area contributed by atoms with E-state index in [0.29, 0.717) is 6.42 Å². The summed E-state index contributed by atoms with van der Waals surface area (Å²) < 4.78 is 54.7. The standard InChI is InChI=1S/C11H13F4NO2/c1-2-9(18-7-11(13,14)15)8(6-16-17)10(12)4-3-5-10/h2,6,17H,1,3-5,7H2/b9-8-,16-6?. The van der Waals surface area contributed by atoms with Gasteiger partial charge in [-0.25, -0.2) is 4.39 Å². The van der Waals surface area contributed by atoms with Crippen LogP contribution in [0.5, 0.6) is 0 Å². The van der Waals surface area contributed by atoms with E-state index >= 15 is 0 Å². The Morgan fingerprint density at radius 3 is 2.39 bits per heavy atom.